The van der Waals surface area contributed by atoms with Crippen LogP contribution in [0.25, 0.3) is 16.9 Å². The summed E-state index contributed by atoms with van der Waals surface area (Å²) in [5, 5.41) is 3.11. The zero-order valence-electron chi connectivity index (χ0n) is 9.59. The molecule has 0 saturated carbocycles. The molecule has 1 N–H and O–H groups in total. The summed E-state index contributed by atoms with van der Waals surface area (Å²) in [5.74, 6) is 0.975. The highest BCUT2D eigenvalue weighted by Crippen LogP contribution is 2.21. The predicted octanol–water partition coefficient (Wildman–Crippen LogP) is 3.04. The molecule has 0 unspecified atom stereocenters. The Labute approximate surface area is 99.7 Å². The third-order valence-electron chi connectivity index (χ3n) is 2.87. The van der Waals surface area contributed by atoms with Crippen molar-refractivity contribution in [1.82, 2.24) is 9.38 Å². The van der Waals surface area contributed by atoms with Crippen molar-refractivity contribution >= 4 is 11.2 Å². The van der Waals surface area contributed by atoms with Gasteiger partial charge in [0.25, 0.3) is 0 Å². The first-order chi connectivity index (χ1) is 8.38. The molecular weight excluding hydrogens is 210 g/mol. The number of anilines is 1. The summed E-state index contributed by atoms with van der Waals surface area (Å²) in [6.07, 6.45) is 3.92. The van der Waals surface area contributed by atoms with Crippen LogP contribution in [-0.2, 0) is 0 Å². The molecule has 0 radical (unpaired) electrons. The fourth-order valence-corrected chi connectivity index (χ4v) is 1.94. The molecule has 0 aliphatic rings. The first kappa shape index (κ1) is 9.90. The van der Waals surface area contributed by atoms with Crippen LogP contribution in [0.1, 0.15) is 0 Å². The van der Waals surface area contributed by atoms with E-state index in [-0.39, 0.29) is 0 Å². The molecule has 0 fully saturated rings. The van der Waals surface area contributed by atoms with Crippen molar-refractivity contribution in [1.29, 1.82) is 0 Å². The summed E-state index contributed by atoms with van der Waals surface area (Å²) in [6.45, 7) is 0. The van der Waals surface area contributed by atoms with Crippen molar-refractivity contribution in [2.75, 3.05) is 12.4 Å². The summed E-state index contributed by atoms with van der Waals surface area (Å²) in [4.78, 5) is 4.46. The third kappa shape index (κ3) is 1.65. The molecule has 3 nitrogen and oxygen atoms in total. The van der Waals surface area contributed by atoms with Gasteiger partial charge in [-0.1, -0.05) is 6.07 Å². The molecular formula is C14H13N3. The molecule has 3 rings (SSSR count). The van der Waals surface area contributed by atoms with E-state index in [1.165, 1.54) is 0 Å². The van der Waals surface area contributed by atoms with E-state index in [1.807, 2.05) is 31.6 Å². The standard InChI is InChI=1S/C14H13N3/c1-15-12-7-5-11(6-8-12)14-16-10-13-4-2-3-9-17(13)14/h2-10,15H,1H3. The molecule has 17 heavy (non-hydrogen) atoms. The number of fused-ring (bicyclic) bond motifs is 1. The quantitative estimate of drug-likeness (QED) is 0.723. The Morgan fingerprint density at radius 1 is 1.06 bits per heavy atom. The molecule has 2 aromatic heterocycles. The fourth-order valence-electron chi connectivity index (χ4n) is 1.94. The lowest BCUT2D eigenvalue weighted by Crippen LogP contribution is -1.90. The van der Waals surface area contributed by atoms with E-state index in [2.05, 4.69) is 45.0 Å². The zero-order chi connectivity index (χ0) is 11.7. The van der Waals surface area contributed by atoms with E-state index in [1.54, 1.807) is 0 Å². The predicted molar refractivity (Wildman–Crippen MR) is 70.2 cm³/mol. The molecule has 0 bridgehead atoms. The summed E-state index contributed by atoms with van der Waals surface area (Å²) in [6, 6.07) is 14.4. The molecule has 1 aromatic carbocycles. The van der Waals surface area contributed by atoms with Crippen molar-refractivity contribution in [2.45, 2.75) is 0 Å². The number of nitrogens with zero attached hydrogens (tertiary/aromatic N) is 2. The van der Waals surface area contributed by atoms with Crippen LogP contribution < -0.4 is 5.32 Å². The Hall–Kier alpha value is -2.29. The van der Waals surface area contributed by atoms with Gasteiger partial charge in [0.1, 0.15) is 5.82 Å². The van der Waals surface area contributed by atoms with E-state index >= 15 is 0 Å². The van der Waals surface area contributed by atoms with Gasteiger partial charge in [0.15, 0.2) is 0 Å². The number of aromatic nitrogens is 2. The summed E-state index contributed by atoms with van der Waals surface area (Å²) < 4.78 is 2.09. The average molecular weight is 223 g/mol. The van der Waals surface area contributed by atoms with Crippen LogP contribution in [0.15, 0.2) is 54.9 Å². The van der Waals surface area contributed by atoms with Crippen LogP contribution in [0.2, 0.25) is 0 Å². The normalized spacial score (nSPS) is 10.6. The minimum absolute atomic E-state index is 0.975. The fraction of sp³-hybridized carbons (Fsp3) is 0.0714. The molecule has 0 saturated heterocycles. The van der Waals surface area contributed by atoms with Gasteiger partial charge in [0.2, 0.25) is 0 Å². The lowest BCUT2D eigenvalue weighted by Gasteiger charge is -2.03. The van der Waals surface area contributed by atoms with Crippen molar-refractivity contribution in [3.63, 3.8) is 0 Å². The average Bonchev–Trinajstić information content (AvgIpc) is 2.83. The topological polar surface area (TPSA) is 29.3 Å². The maximum Gasteiger partial charge on any atom is 0.144 e. The number of hydrogen-bond acceptors (Lipinski definition) is 2. The maximum atomic E-state index is 4.46. The summed E-state index contributed by atoms with van der Waals surface area (Å²) in [7, 11) is 1.92. The van der Waals surface area contributed by atoms with Gasteiger partial charge in [0, 0.05) is 24.5 Å². The first-order valence-electron chi connectivity index (χ1n) is 5.59. The molecule has 3 aromatic rings. The molecule has 0 spiro atoms. The van der Waals surface area contributed by atoms with Crippen LogP contribution in [0.4, 0.5) is 5.69 Å². The largest absolute Gasteiger partial charge is 0.388 e. The number of nitrogens with one attached hydrogen (secondary N) is 1. The van der Waals surface area contributed by atoms with Gasteiger partial charge in [-0.3, -0.25) is 4.40 Å². The Bertz CT molecular complexity index is 638. The maximum absolute atomic E-state index is 4.46. The van der Waals surface area contributed by atoms with Gasteiger partial charge in [-0.25, -0.2) is 4.98 Å². The van der Waals surface area contributed by atoms with Gasteiger partial charge in [0.05, 0.1) is 11.7 Å². The molecule has 0 aliphatic carbocycles. The van der Waals surface area contributed by atoms with Crippen LogP contribution in [-0.4, -0.2) is 16.4 Å². The molecule has 3 heteroatoms. The van der Waals surface area contributed by atoms with E-state index in [0.717, 1.165) is 22.6 Å². The molecule has 0 atom stereocenters. The lowest BCUT2D eigenvalue weighted by molar-refractivity contribution is 1.16. The van der Waals surface area contributed by atoms with E-state index < -0.39 is 0 Å². The van der Waals surface area contributed by atoms with Crippen LogP contribution >= 0.6 is 0 Å². The zero-order valence-corrected chi connectivity index (χ0v) is 9.59. The van der Waals surface area contributed by atoms with Crippen molar-refractivity contribution in [3.05, 3.63) is 54.9 Å². The smallest absolute Gasteiger partial charge is 0.144 e. The van der Waals surface area contributed by atoms with Crippen LogP contribution in [0.3, 0.4) is 0 Å². The van der Waals surface area contributed by atoms with Gasteiger partial charge in [-0.2, -0.15) is 0 Å². The summed E-state index contributed by atoms with van der Waals surface area (Å²) in [5.41, 5.74) is 3.34. The highest BCUT2D eigenvalue weighted by atomic mass is 15.0. The number of hydrogen-bond donors (Lipinski definition) is 1. The van der Waals surface area contributed by atoms with Gasteiger partial charge >= 0.3 is 0 Å². The van der Waals surface area contributed by atoms with Crippen LogP contribution in [0.5, 0.6) is 0 Å². The molecule has 2 heterocycles. The van der Waals surface area contributed by atoms with Gasteiger partial charge < -0.3 is 5.32 Å². The number of imidazole rings is 1. The third-order valence-corrected chi connectivity index (χ3v) is 2.87. The van der Waals surface area contributed by atoms with E-state index in [0.29, 0.717) is 0 Å². The molecule has 0 amide bonds. The Morgan fingerprint density at radius 2 is 1.88 bits per heavy atom. The van der Waals surface area contributed by atoms with Crippen molar-refractivity contribution < 1.29 is 0 Å². The van der Waals surface area contributed by atoms with Crippen molar-refractivity contribution in [2.24, 2.45) is 0 Å². The Morgan fingerprint density at radius 3 is 2.65 bits per heavy atom. The summed E-state index contributed by atoms with van der Waals surface area (Å²) >= 11 is 0. The Balaban J connectivity index is 2.13. The first-order valence-corrected chi connectivity index (χ1v) is 5.59. The molecule has 0 aliphatic heterocycles. The van der Waals surface area contributed by atoms with Gasteiger partial charge in [-0.15, -0.1) is 0 Å². The number of pyridine rings is 1. The number of benzene rings is 1. The lowest BCUT2D eigenvalue weighted by atomic mass is 10.2. The highest BCUT2D eigenvalue weighted by molar-refractivity contribution is 5.64. The minimum Gasteiger partial charge on any atom is -0.388 e. The van der Waals surface area contributed by atoms with Crippen molar-refractivity contribution in [3.8, 4) is 11.4 Å². The SMILES string of the molecule is CNc1ccc(-c2ncc3ccccn23)cc1. The monoisotopic (exact) mass is 223 g/mol. The molecule has 84 valence electrons. The second kappa shape index (κ2) is 3.94. The second-order valence-electron chi connectivity index (χ2n) is 3.90. The highest BCUT2D eigenvalue weighted by Gasteiger charge is 2.04. The van der Waals surface area contributed by atoms with E-state index in [9.17, 15) is 0 Å². The minimum atomic E-state index is 0.975. The van der Waals surface area contributed by atoms with E-state index in [4.69, 9.17) is 0 Å². The van der Waals surface area contributed by atoms with Crippen LogP contribution in [0, 0.1) is 0 Å². The second-order valence-corrected chi connectivity index (χ2v) is 3.90. The number of rotatable bonds is 2. The van der Waals surface area contributed by atoms with Gasteiger partial charge in [-0.05, 0) is 36.4 Å². The Kier molecular flexibility index (Phi) is 2.29.